The standard InChI is InChI=1S/C22H23F4N7O2/c1-31-9-13(8-28-12-22(24,25)26)10-33-18(11-31)19-17(30-33)4-5-32(20(19)34)21(35)29-15-2-3-16(23)14(6-15)7-27/h2-3,6,13,28H,4-5,8-12H2,1H3,(H,29,35). The molecule has 1 unspecified atom stereocenters. The van der Waals surface area contributed by atoms with Crippen LogP contribution in [0.1, 0.15) is 27.3 Å². The van der Waals surface area contributed by atoms with Crippen LogP contribution in [0.4, 0.5) is 28.0 Å². The number of fused-ring (bicyclic) bond motifs is 3. The summed E-state index contributed by atoms with van der Waals surface area (Å²) in [5, 5.41) is 18.5. The van der Waals surface area contributed by atoms with Gasteiger partial charge in [-0.2, -0.15) is 23.5 Å². The molecule has 0 bridgehead atoms. The Morgan fingerprint density at radius 2 is 2.09 bits per heavy atom. The molecule has 3 amide bonds. The number of urea groups is 1. The molecule has 2 aromatic rings. The van der Waals surface area contributed by atoms with Gasteiger partial charge in [0, 0.05) is 50.7 Å². The van der Waals surface area contributed by atoms with E-state index in [2.05, 4.69) is 15.7 Å². The molecule has 0 aliphatic carbocycles. The van der Waals surface area contributed by atoms with Crippen LogP contribution in [0.25, 0.3) is 0 Å². The number of halogens is 4. The van der Waals surface area contributed by atoms with Crippen LogP contribution in [-0.2, 0) is 19.5 Å². The van der Waals surface area contributed by atoms with E-state index < -0.39 is 30.5 Å². The molecule has 1 aromatic carbocycles. The van der Waals surface area contributed by atoms with Gasteiger partial charge < -0.3 is 15.5 Å². The van der Waals surface area contributed by atoms with Crippen LogP contribution in [0, 0.1) is 23.1 Å². The fourth-order valence-corrected chi connectivity index (χ4v) is 4.42. The molecule has 2 N–H and O–H groups in total. The molecule has 35 heavy (non-hydrogen) atoms. The quantitative estimate of drug-likeness (QED) is 0.634. The Balaban J connectivity index is 1.50. The molecule has 3 heterocycles. The van der Waals surface area contributed by atoms with Gasteiger partial charge in [0.25, 0.3) is 5.91 Å². The Hall–Kier alpha value is -3.50. The lowest BCUT2D eigenvalue weighted by atomic mass is 10.0. The van der Waals surface area contributed by atoms with E-state index in [9.17, 15) is 27.2 Å². The molecular formula is C22H23F4N7O2. The fourth-order valence-electron chi connectivity index (χ4n) is 4.42. The van der Waals surface area contributed by atoms with Crippen LogP contribution in [0.15, 0.2) is 18.2 Å². The summed E-state index contributed by atoms with van der Waals surface area (Å²) in [6.45, 7) is 0.327. The highest BCUT2D eigenvalue weighted by molar-refractivity contribution is 6.09. The summed E-state index contributed by atoms with van der Waals surface area (Å²) in [6.07, 6.45) is -3.98. The molecule has 2 aliphatic heterocycles. The van der Waals surface area contributed by atoms with Gasteiger partial charge in [0.15, 0.2) is 0 Å². The number of nitriles is 1. The monoisotopic (exact) mass is 493 g/mol. The lowest BCUT2D eigenvalue weighted by Crippen LogP contribution is -2.44. The van der Waals surface area contributed by atoms with Crippen molar-refractivity contribution in [3.63, 3.8) is 0 Å². The number of anilines is 1. The average molecular weight is 493 g/mol. The summed E-state index contributed by atoms with van der Waals surface area (Å²) in [6, 6.07) is 4.50. The van der Waals surface area contributed by atoms with Crippen molar-refractivity contribution in [3.8, 4) is 6.07 Å². The molecule has 0 saturated carbocycles. The fraction of sp³-hybridized carbons (Fsp3) is 0.455. The molecule has 9 nitrogen and oxygen atoms in total. The molecule has 1 aromatic heterocycles. The van der Waals surface area contributed by atoms with Crippen molar-refractivity contribution in [3.05, 3.63) is 46.5 Å². The molecular weight excluding hydrogens is 470 g/mol. The number of rotatable bonds is 4. The van der Waals surface area contributed by atoms with Gasteiger partial charge in [-0.25, -0.2) is 9.18 Å². The minimum absolute atomic E-state index is 0.0762. The number of nitrogens with zero attached hydrogens (tertiary/aromatic N) is 5. The summed E-state index contributed by atoms with van der Waals surface area (Å²) < 4.78 is 52.7. The Morgan fingerprint density at radius 1 is 1.31 bits per heavy atom. The van der Waals surface area contributed by atoms with Crippen molar-refractivity contribution >= 4 is 17.6 Å². The topological polar surface area (TPSA) is 106 Å². The lowest BCUT2D eigenvalue weighted by molar-refractivity contribution is -0.125. The number of alkyl halides is 3. The first-order valence-corrected chi connectivity index (χ1v) is 10.9. The van der Waals surface area contributed by atoms with E-state index >= 15 is 0 Å². The van der Waals surface area contributed by atoms with Crippen molar-refractivity contribution in [1.29, 1.82) is 5.26 Å². The highest BCUT2D eigenvalue weighted by Crippen LogP contribution is 2.27. The van der Waals surface area contributed by atoms with Crippen molar-refractivity contribution in [2.24, 2.45) is 5.92 Å². The number of imide groups is 1. The first-order valence-electron chi connectivity index (χ1n) is 10.9. The number of carbonyl (C=O) groups is 2. The van der Waals surface area contributed by atoms with E-state index in [-0.39, 0.29) is 30.3 Å². The van der Waals surface area contributed by atoms with Crippen molar-refractivity contribution in [2.75, 3.05) is 38.5 Å². The molecule has 2 aliphatic rings. The third-order valence-electron chi connectivity index (χ3n) is 5.92. The third-order valence-corrected chi connectivity index (χ3v) is 5.92. The van der Waals surface area contributed by atoms with E-state index in [1.165, 1.54) is 12.1 Å². The molecule has 0 spiro atoms. The summed E-state index contributed by atoms with van der Waals surface area (Å²) in [5.74, 6) is -1.41. The predicted octanol–water partition coefficient (Wildman–Crippen LogP) is 2.34. The van der Waals surface area contributed by atoms with Gasteiger partial charge in [0.1, 0.15) is 11.9 Å². The Kier molecular flexibility index (Phi) is 6.77. The molecule has 0 saturated heterocycles. The van der Waals surface area contributed by atoms with E-state index in [0.29, 0.717) is 43.0 Å². The first kappa shape index (κ1) is 24.6. The van der Waals surface area contributed by atoms with E-state index in [0.717, 1.165) is 11.0 Å². The summed E-state index contributed by atoms with van der Waals surface area (Å²) in [5.41, 5.74) is 1.41. The van der Waals surface area contributed by atoms with Gasteiger partial charge in [-0.1, -0.05) is 0 Å². The molecule has 186 valence electrons. The average Bonchev–Trinajstić information content (AvgIpc) is 3.03. The van der Waals surface area contributed by atoms with Gasteiger partial charge in [0.05, 0.1) is 29.1 Å². The third kappa shape index (κ3) is 5.44. The Labute approximate surface area is 198 Å². The number of amides is 3. The van der Waals surface area contributed by atoms with E-state index in [1.54, 1.807) is 10.8 Å². The number of nitrogens with one attached hydrogen (secondary N) is 2. The smallest absolute Gasteiger partial charge is 0.308 e. The summed E-state index contributed by atoms with van der Waals surface area (Å²) in [4.78, 5) is 29.1. The minimum atomic E-state index is -4.30. The number of aromatic nitrogens is 2. The number of benzene rings is 1. The zero-order valence-electron chi connectivity index (χ0n) is 18.8. The normalized spacial score (nSPS) is 18.5. The van der Waals surface area contributed by atoms with Gasteiger partial charge in [0.2, 0.25) is 0 Å². The molecule has 4 rings (SSSR count). The maximum atomic E-state index is 13.6. The second-order valence-corrected chi connectivity index (χ2v) is 8.70. The number of hydrogen-bond acceptors (Lipinski definition) is 6. The van der Waals surface area contributed by atoms with Gasteiger partial charge in [-0.15, -0.1) is 0 Å². The van der Waals surface area contributed by atoms with Gasteiger partial charge in [-0.3, -0.25) is 14.4 Å². The van der Waals surface area contributed by atoms with Crippen LogP contribution in [0.5, 0.6) is 0 Å². The lowest BCUT2D eigenvalue weighted by Gasteiger charge is -2.26. The van der Waals surface area contributed by atoms with Crippen LogP contribution in [0.2, 0.25) is 0 Å². The van der Waals surface area contributed by atoms with Crippen LogP contribution < -0.4 is 10.6 Å². The van der Waals surface area contributed by atoms with Crippen LogP contribution >= 0.6 is 0 Å². The highest BCUT2D eigenvalue weighted by atomic mass is 19.4. The van der Waals surface area contributed by atoms with Crippen molar-refractivity contribution in [2.45, 2.75) is 25.7 Å². The Bertz CT molecular complexity index is 1190. The highest BCUT2D eigenvalue weighted by Gasteiger charge is 2.37. The van der Waals surface area contributed by atoms with Gasteiger partial charge in [-0.05, 0) is 25.2 Å². The minimum Gasteiger partial charge on any atom is -0.308 e. The second kappa shape index (κ2) is 9.63. The van der Waals surface area contributed by atoms with Crippen molar-refractivity contribution in [1.82, 2.24) is 24.9 Å². The largest absolute Gasteiger partial charge is 0.401 e. The summed E-state index contributed by atoms with van der Waals surface area (Å²) in [7, 11) is 1.81. The van der Waals surface area contributed by atoms with E-state index in [4.69, 9.17) is 5.26 Å². The van der Waals surface area contributed by atoms with Crippen LogP contribution in [-0.4, -0.2) is 70.9 Å². The second-order valence-electron chi connectivity index (χ2n) is 8.70. The predicted molar refractivity (Wildman–Crippen MR) is 116 cm³/mol. The number of hydrogen-bond donors (Lipinski definition) is 2. The molecule has 13 heteroatoms. The molecule has 0 radical (unpaired) electrons. The maximum Gasteiger partial charge on any atom is 0.401 e. The molecule has 1 atom stereocenters. The first-order chi connectivity index (χ1) is 16.6. The zero-order chi connectivity index (χ0) is 25.3. The van der Waals surface area contributed by atoms with Crippen molar-refractivity contribution < 1.29 is 27.2 Å². The Morgan fingerprint density at radius 3 is 2.80 bits per heavy atom. The van der Waals surface area contributed by atoms with Crippen LogP contribution in [0.3, 0.4) is 0 Å². The van der Waals surface area contributed by atoms with E-state index in [1.807, 2.05) is 11.9 Å². The zero-order valence-corrected chi connectivity index (χ0v) is 18.8. The van der Waals surface area contributed by atoms with Gasteiger partial charge >= 0.3 is 12.2 Å². The summed E-state index contributed by atoms with van der Waals surface area (Å²) >= 11 is 0. The molecule has 0 fully saturated rings. The maximum absolute atomic E-state index is 13.6. The SMILES string of the molecule is CN1Cc2c3c(nn2CC(CNCC(F)(F)F)C1)CCN(C(=O)Nc1ccc(F)c(C#N)c1)C3=O. The number of carbonyl (C=O) groups excluding carboxylic acids is 2.